The highest BCUT2D eigenvalue weighted by Crippen LogP contribution is 2.34. The summed E-state index contributed by atoms with van der Waals surface area (Å²) < 4.78 is 0. The van der Waals surface area contributed by atoms with Crippen LogP contribution in [0.2, 0.25) is 0 Å². The molecule has 1 aliphatic carbocycles. The van der Waals surface area contributed by atoms with Gasteiger partial charge in [-0.3, -0.25) is 4.79 Å². The van der Waals surface area contributed by atoms with E-state index in [-0.39, 0.29) is 17.9 Å². The summed E-state index contributed by atoms with van der Waals surface area (Å²) in [6.07, 6.45) is 2.91. The molecule has 0 amide bonds. The Kier molecular flexibility index (Phi) is 5.16. The Morgan fingerprint density at radius 3 is 2.40 bits per heavy atom. The van der Waals surface area contributed by atoms with Crippen LogP contribution in [0.1, 0.15) is 48.5 Å². The lowest BCUT2D eigenvalue weighted by Crippen LogP contribution is -2.29. The van der Waals surface area contributed by atoms with E-state index in [0.717, 1.165) is 36.8 Å². The van der Waals surface area contributed by atoms with Gasteiger partial charge in [-0.05, 0) is 49.8 Å². The van der Waals surface area contributed by atoms with Gasteiger partial charge in [0.2, 0.25) is 0 Å². The Bertz CT molecular complexity index is 801. The second-order valence-electron chi connectivity index (χ2n) is 6.59. The lowest BCUT2D eigenvalue weighted by molar-refractivity contribution is 0.101. The molecule has 0 spiro atoms. The molecule has 1 saturated carbocycles. The van der Waals surface area contributed by atoms with E-state index in [1.165, 1.54) is 0 Å². The van der Waals surface area contributed by atoms with Gasteiger partial charge < -0.3 is 10.4 Å². The molecule has 4 heteroatoms. The number of hydrogen-bond donors (Lipinski definition) is 2. The Hall–Kier alpha value is -2.64. The molecular formula is C21H22N2O2. The average Bonchev–Trinajstić information content (AvgIpc) is 2.63. The number of carbonyl (C=O) groups excluding carboxylic acids is 1. The maximum atomic E-state index is 12.4. The van der Waals surface area contributed by atoms with E-state index in [1.54, 1.807) is 13.0 Å². The number of carbonyl (C=O) groups is 1. The predicted molar refractivity (Wildman–Crippen MR) is 98.5 cm³/mol. The van der Waals surface area contributed by atoms with Gasteiger partial charge in [0.15, 0.2) is 5.78 Å². The third-order valence-corrected chi connectivity index (χ3v) is 4.81. The summed E-state index contributed by atoms with van der Waals surface area (Å²) in [7, 11) is 0. The minimum Gasteiger partial charge on any atom is -0.393 e. The third-order valence-electron chi connectivity index (χ3n) is 4.81. The molecule has 1 aliphatic rings. The van der Waals surface area contributed by atoms with E-state index in [2.05, 4.69) is 11.4 Å². The van der Waals surface area contributed by atoms with Gasteiger partial charge in [0.05, 0.1) is 17.4 Å². The van der Waals surface area contributed by atoms with Crippen molar-refractivity contribution in [1.82, 2.24) is 0 Å². The van der Waals surface area contributed by atoms with Crippen molar-refractivity contribution in [3.63, 3.8) is 0 Å². The molecule has 2 aromatic rings. The van der Waals surface area contributed by atoms with Crippen LogP contribution in [0.4, 0.5) is 5.69 Å². The maximum absolute atomic E-state index is 12.4. The number of nitriles is 1. The number of rotatable bonds is 4. The highest BCUT2D eigenvalue weighted by atomic mass is 16.3. The van der Waals surface area contributed by atoms with Gasteiger partial charge >= 0.3 is 0 Å². The first kappa shape index (κ1) is 17.2. The number of aliphatic hydroxyl groups excluding tert-OH is 1. The molecule has 0 aromatic heterocycles. The zero-order valence-corrected chi connectivity index (χ0v) is 14.3. The van der Waals surface area contributed by atoms with Gasteiger partial charge in [-0.25, -0.2) is 0 Å². The molecule has 0 saturated heterocycles. The molecule has 0 bridgehead atoms. The van der Waals surface area contributed by atoms with Gasteiger partial charge in [-0.2, -0.15) is 5.26 Å². The smallest absolute Gasteiger partial charge is 0.162 e. The lowest BCUT2D eigenvalue weighted by atomic mass is 9.90. The number of Topliss-reactive ketones (excluding diaryl/α,β-unsaturated/α-hetero) is 1. The normalized spacial score (nSPS) is 19.9. The van der Waals surface area contributed by atoms with Crippen LogP contribution < -0.4 is 5.32 Å². The third kappa shape index (κ3) is 3.72. The molecule has 0 atom stereocenters. The second kappa shape index (κ2) is 7.50. The fraction of sp³-hybridized carbons (Fsp3) is 0.333. The number of nitrogens with zero attached hydrogens (tertiary/aromatic N) is 1. The van der Waals surface area contributed by atoms with Crippen LogP contribution in [0.25, 0.3) is 11.1 Å². The van der Waals surface area contributed by atoms with Crippen LogP contribution in [0, 0.1) is 11.3 Å². The molecule has 4 nitrogen and oxygen atoms in total. The maximum Gasteiger partial charge on any atom is 0.162 e. The Morgan fingerprint density at radius 1 is 1.12 bits per heavy atom. The molecule has 2 N–H and O–H groups in total. The molecule has 128 valence electrons. The van der Waals surface area contributed by atoms with Crippen LogP contribution in [0.3, 0.4) is 0 Å². The summed E-state index contributed by atoms with van der Waals surface area (Å²) in [4.78, 5) is 12.4. The summed E-state index contributed by atoms with van der Waals surface area (Å²) >= 11 is 0. The van der Waals surface area contributed by atoms with Crippen LogP contribution in [-0.2, 0) is 0 Å². The Morgan fingerprint density at radius 2 is 1.80 bits per heavy atom. The monoisotopic (exact) mass is 334 g/mol. The van der Waals surface area contributed by atoms with Crippen molar-refractivity contribution in [3.8, 4) is 17.2 Å². The van der Waals surface area contributed by atoms with E-state index in [0.29, 0.717) is 16.8 Å². The number of hydrogen-bond acceptors (Lipinski definition) is 4. The first-order chi connectivity index (χ1) is 12.1. The van der Waals surface area contributed by atoms with Crippen molar-refractivity contribution in [2.75, 3.05) is 5.32 Å². The number of ketones is 1. The first-order valence-electron chi connectivity index (χ1n) is 8.68. The van der Waals surface area contributed by atoms with E-state index in [4.69, 9.17) is 0 Å². The largest absolute Gasteiger partial charge is 0.393 e. The van der Waals surface area contributed by atoms with Crippen molar-refractivity contribution in [2.24, 2.45) is 0 Å². The molecule has 0 aliphatic heterocycles. The van der Waals surface area contributed by atoms with Crippen LogP contribution in [0.15, 0.2) is 42.5 Å². The Balaban J connectivity index is 2.05. The fourth-order valence-electron chi connectivity index (χ4n) is 3.49. The molecule has 0 heterocycles. The molecule has 25 heavy (non-hydrogen) atoms. The van der Waals surface area contributed by atoms with Gasteiger partial charge in [-0.1, -0.05) is 36.4 Å². The minimum absolute atomic E-state index is 0.0608. The van der Waals surface area contributed by atoms with Crippen molar-refractivity contribution >= 4 is 11.5 Å². The molecule has 0 unspecified atom stereocenters. The average molecular weight is 334 g/mol. The zero-order chi connectivity index (χ0) is 17.8. The van der Waals surface area contributed by atoms with Gasteiger partial charge in [0.1, 0.15) is 6.07 Å². The van der Waals surface area contributed by atoms with E-state index >= 15 is 0 Å². The molecule has 0 radical (unpaired) electrons. The second-order valence-corrected chi connectivity index (χ2v) is 6.59. The quantitative estimate of drug-likeness (QED) is 0.824. The Labute approximate surface area is 148 Å². The topological polar surface area (TPSA) is 73.1 Å². The summed E-state index contributed by atoms with van der Waals surface area (Å²) in [6, 6.07) is 15.7. The molecule has 2 aromatic carbocycles. The van der Waals surface area contributed by atoms with Crippen molar-refractivity contribution in [1.29, 1.82) is 5.26 Å². The van der Waals surface area contributed by atoms with Crippen molar-refractivity contribution in [3.05, 3.63) is 53.6 Å². The highest BCUT2D eigenvalue weighted by Gasteiger charge is 2.24. The minimum atomic E-state index is -0.239. The van der Waals surface area contributed by atoms with E-state index < -0.39 is 0 Å². The number of benzene rings is 2. The standard InChI is InChI=1S/C21H22N2O2/c1-14(24)20-19(15-5-3-2-4-6-15)12-7-16(13-22)21(20)23-17-8-10-18(25)11-9-17/h2-7,12,17-18,23,25H,8-11H2,1H3. The summed E-state index contributed by atoms with van der Waals surface area (Å²) in [5, 5.41) is 22.6. The van der Waals surface area contributed by atoms with Crippen LogP contribution in [-0.4, -0.2) is 23.0 Å². The summed E-state index contributed by atoms with van der Waals surface area (Å²) in [6.45, 7) is 1.54. The van der Waals surface area contributed by atoms with Crippen LogP contribution in [0.5, 0.6) is 0 Å². The van der Waals surface area contributed by atoms with Gasteiger partial charge in [0.25, 0.3) is 0 Å². The number of nitrogens with one attached hydrogen (secondary N) is 1. The number of anilines is 1. The molecular weight excluding hydrogens is 312 g/mol. The van der Waals surface area contributed by atoms with Crippen LogP contribution >= 0.6 is 0 Å². The summed E-state index contributed by atoms with van der Waals surface area (Å²) in [5.41, 5.74) is 3.47. The zero-order valence-electron chi connectivity index (χ0n) is 14.3. The fourth-order valence-corrected chi connectivity index (χ4v) is 3.49. The van der Waals surface area contributed by atoms with Crippen molar-refractivity contribution in [2.45, 2.75) is 44.8 Å². The van der Waals surface area contributed by atoms with Crippen molar-refractivity contribution < 1.29 is 9.90 Å². The van der Waals surface area contributed by atoms with Gasteiger partial charge in [-0.15, -0.1) is 0 Å². The molecule has 3 rings (SSSR count). The number of aliphatic hydroxyl groups is 1. The van der Waals surface area contributed by atoms with E-state index in [1.807, 2.05) is 36.4 Å². The SMILES string of the molecule is CC(=O)c1c(-c2ccccc2)ccc(C#N)c1NC1CCC(O)CC1. The summed E-state index contributed by atoms with van der Waals surface area (Å²) in [5.74, 6) is -0.0608. The van der Waals surface area contributed by atoms with E-state index in [9.17, 15) is 15.2 Å². The molecule has 1 fully saturated rings. The lowest BCUT2D eigenvalue weighted by Gasteiger charge is -2.28. The first-order valence-corrected chi connectivity index (χ1v) is 8.68. The predicted octanol–water partition coefficient (Wildman–Crippen LogP) is 4.14. The van der Waals surface area contributed by atoms with Gasteiger partial charge in [0, 0.05) is 11.6 Å². The highest BCUT2D eigenvalue weighted by molar-refractivity contribution is 6.07.